The molecule has 1 aliphatic rings. The lowest BCUT2D eigenvalue weighted by Gasteiger charge is -2.31. The summed E-state index contributed by atoms with van der Waals surface area (Å²) in [6.07, 6.45) is 0.335. The summed E-state index contributed by atoms with van der Waals surface area (Å²) in [4.78, 5) is 29.4. The lowest BCUT2D eigenvalue weighted by Crippen LogP contribution is -2.45. The van der Waals surface area contributed by atoms with Gasteiger partial charge in [0, 0.05) is 45.5 Å². The van der Waals surface area contributed by atoms with E-state index in [9.17, 15) is 14.0 Å². The van der Waals surface area contributed by atoms with Crippen molar-refractivity contribution in [3.63, 3.8) is 0 Å². The molecular weight excluding hydrogens is 716 g/mol. The molecule has 2 N–H and O–H groups in total. The summed E-state index contributed by atoms with van der Waals surface area (Å²) in [5.74, 6) is -0.259. The molecule has 53 heavy (non-hydrogen) atoms. The Morgan fingerprint density at radius 1 is 0.925 bits per heavy atom. The molecule has 0 saturated carbocycles. The van der Waals surface area contributed by atoms with Crippen LogP contribution in [0, 0.1) is 11.2 Å². The zero-order valence-corrected chi connectivity index (χ0v) is 32.2. The van der Waals surface area contributed by atoms with Crippen LogP contribution in [0.3, 0.4) is 0 Å². The summed E-state index contributed by atoms with van der Waals surface area (Å²) in [6, 6.07) is 25.0. The zero-order valence-electron chi connectivity index (χ0n) is 30.7. The van der Waals surface area contributed by atoms with Gasteiger partial charge in [0.15, 0.2) is 11.5 Å². The third kappa shape index (κ3) is 10.9. The summed E-state index contributed by atoms with van der Waals surface area (Å²) in [5.41, 5.74) is 3.10. The van der Waals surface area contributed by atoms with Crippen LogP contribution in [0.5, 0.6) is 11.5 Å². The van der Waals surface area contributed by atoms with Gasteiger partial charge in [0.05, 0.1) is 20.1 Å². The number of fused-ring (bicyclic) bond motifs is 1. The van der Waals surface area contributed by atoms with E-state index in [-0.39, 0.29) is 24.3 Å². The number of halogens is 3. The Hall–Kier alpha value is -4.15. The van der Waals surface area contributed by atoms with Gasteiger partial charge in [-0.2, -0.15) is 0 Å². The molecule has 0 aliphatic carbocycles. The number of benzene rings is 4. The lowest BCUT2D eigenvalue weighted by atomic mass is 9.94. The van der Waals surface area contributed by atoms with Gasteiger partial charge in [0.2, 0.25) is 5.91 Å². The molecule has 0 radical (unpaired) electrons. The molecule has 4 aromatic carbocycles. The summed E-state index contributed by atoms with van der Waals surface area (Å²) in [5, 5.41) is 7.48. The minimum absolute atomic E-state index is 0.0251. The van der Waals surface area contributed by atoms with Crippen molar-refractivity contribution in [2.24, 2.45) is 5.41 Å². The van der Waals surface area contributed by atoms with E-state index in [0.29, 0.717) is 52.1 Å². The number of carbonyl (C=O) groups is 2. The molecular formula is C42H48Cl2FN3O5. The first-order valence-corrected chi connectivity index (χ1v) is 18.7. The Morgan fingerprint density at radius 3 is 2.40 bits per heavy atom. The molecule has 5 rings (SSSR count). The van der Waals surface area contributed by atoms with Crippen molar-refractivity contribution in [1.82, 2.24) is 10.6 Å². The van der Waals surface area contributed by atoms with E-state index in [1.54, 1.807) is 42.3 Å². The minimum Gasteiger partial charge on any atom is -0.492 e. The average Bonchev–Trinajstić information content (AvgIpc) is 3.22. The highest BCUT2D eigenvalue weighted by atomic mass is 35.5. The van der Waals surface area contributed by atoms with E-state index in [1.807, 2.05) is 63.2 Å². The Bertz CT molecular complexity index is 1870. The van der Waals surface area contributed by atoms with Crippen LogP contribution in [0.4, 0.5) is 10.1 Å². The Balaban J connectivity index is 1.34. The number of nitrogens with zero attached hydrogens (tertiary/aromatic N) is 1. The van der Waals surface area contributed by atoms with Gasteiger partial charge >= 0.3 is 0 Å². The molecule has 0 fully saturated rings. The molecule has 0 unspecified atom stereocenters. The predicted octanol–water partition coefficient (Wildman–Crippen LogP) is 8.71. The summed E-state index contributed by atoms with van der Waals surface area (Å²) in [6.45, 7) is 8.52. The van der Waals surface area contributed by atoms with E-state index in [1.165, 1.54) is 6.07 Å². The number of rotatable bonds is 16. The van der Waals surface area contributed by atoms with E-state index >= 15 is 0 Å². The van der Waals surface area contributed by atoms with Gasteiger partial charge in [-0.15, -0.1) is 0 Å². The fraction of sp³-hybridized carbons (Fsp3) is 0.381. The van der Waals surface area contributed by atoms with Crippen LogP contribution in [0.15, 0.2) is 84.9 Å². The van der Waals surface area contributed by atoms with E-state index in [0.717, 1.165) is 42.9 Å². The Kier molecular flexibility index (Phi) is 14.2. The van der Waals surface area contributed by atoms with Gasteiger partial charge in [0.25, 0.3) is 5.91 Å². The maximum atomic E-state index is 14.3. The number of aryl methyl sites for hydroxylation is 1. The van der Waals surface area contributed by atoms with Crippen LogP contribution in [0.2, 0.25) is 10.0 Å². The number of nitrogens with one attached hydrogen (secondary N) is 2. The SMILES string of the molecule is COc1c(OCCCNCCCc2ccccc2Cl)cccc1[C@@H]1O[C@@H](CC(=O)NCc2ccccc2F)C(=O)N(CC(C)(C)C)c2ccc(Cl)cc21. The molecule has 8 nitrogen and oxygen atoms in total. The molecule has 2 atom stereocenters. The second kappa shape index (κ2) is 18.7. The molecule has 2 amide bonds. The molecule has 0 saturated heterocycles. The van der Waals surface area contributed by atoms with Gasteiger partial charge < -0.3 is 29.7 Å². The molecule has 0 aromatic heterocycles. The van der Waals surface area contributed by atoms with Crippen LogP contribution in [-0.4, -0.2) is 51.3 Å². The average molecular weight is 765 g/mol. The van der Waals surface area contributed by atoms with Crippen molar-refractivity contribution < 1.29 is 28.2 Å². The molecule has 282 valence electrons. The molecule has 11 heteroatoms. The third-order valence-electron chi connectivity index (χ3n) is 8.85. The Labute approximate surface area is 321 Å². The number of para-hydroxylation sites is 1. The van der Waals surface area contributed by atoms with Crippen LogP contribution in [-0.2, 0) is 27.3 Å². The van der Waals surface area contributed by atoms with Crippen molar-refractivity contribution in [3.8, 4) is 11.5 Å². The fourth-order valence-electron chi connectivity index (χ4n) is 6.34. The number of hydrogen-bond donors (Lipinski definition) is 2. The second-order valence-corrected chi connectivity index (χ2v) is 15.1. The first-order chi connectivity index (χ1) is 25.4. The monoisotopic (exact) mass is 763 g/mol. The van der Waals surface area contributed by atoms with Gasteiger partial charge in [-0.25, -0.2) is 4.39 Å². The third-order valence-corrected chi connectivity index (χ3v) is 9.45. The quantitative estimate of drug-likeness (QED) is 0.111. The topological polar surface area (TPSA) is 89.1 Å². The van der Waals surface area contributed by atoms with E-state index in [4.69, 9.17) is 37.4 Å². The number of carbonyl (C=O) groups excluding carboxylic acids is 2. The highest BCUT2D eigenvalue weighted by Crippen LogP contribution is 2.45. The van der Waals surface area contributed by atoms with Gasteiger partial charge in [0.1, 0.15) is 18.0 Å². The molecule has 1 aliphatic heterocycles. The number of amides is 2. The van der Waals surface area contributed by atoms with Crippen LogP contribution in [0.25, 0.3) is 0 Å². The maximum absolute atomic E-state index is 14.3. The number of anilines is 1. The largest absolute Gasteiger partial charge is 0.492 e. The molecule has 0 spiro atoms. The highest BCUT2D eigenvalue weighted by Gasteiger charge is 2.40. The first kappa shape index (κ1) is 40.0. The van der Waals surface area contributed by atoms with Crippen molar-refractivity contribution in [2.45, 2.75) is 65.2 Å². The first-order valence-electron chi connectivity index (χ1n) is 18.0. The maximum Gasteiger partial charge on any atom is 0.256 e. The summed E-state index contributed by atoms with van der Waals surface area (Å²) < 4.78 is 33.2. The molecule has 1 heterocycles. The highest BCUT2D eigenvalue weighted by molar-refractivity contribution is 6.31. The van der Waals surface area contributed by atoms with Gasteiger partial charge in [-0.1, -0.05) is 92.5 Å². The van der Waals surface area contributed by atoms with Crippen LogP contribution in [0.1, 0.15) is 68.4 Å². The summed E-state index contributed by atoms with van der Waals surface area (Å²) in [7, 11) is 1.56. The fourth-order valence-corrected chi connectivity index (χ4v) is 6.75. The standard InChI is InChI=1S/C42H48Cl2FN3O5/c1-42(2,3)27-48-35-20-19-30(43)24-32(35)39(53-37(41(48)50)25-38(49)47-26-29-13-6-8-17-34(29)45)31-15-9-18-36(40(31)51-4)52-23-11-22-46-21-10-14-28-12-5-7-16-33(28)44/h5-9,12-13,15-20,24,37,39,46H,10-11,14,21-23,25-27H2,1-4H3,(H,47,49)/t37-,39-/m0/s1. The predicted molar refractivity (Wildman–Crippen MR) is 209 cm³/mol. The van der Waals surface area contributed by atoms with Crippen LogP contribution >= 0.6 is 23.2 Å². The van der Waals surface area contributed by atoms with Gasteiger partial charge in [-0.05, 0) is 79.7 Å². The van der Waals surface area contributed by atoms with Crippen molar-refractivity contribution in [1.29, 1.82) is 0 Å². The number of methoxy groups -OCH3 is 1. The molecule has 0 bridgehead atoms. The smallest absolute Gasteiger partial charge is 0.256 e. The van der Waals surface area contributed by atoms with Crippen LogP contribution < -0.4 is 25.0 Å². The number of ether oxygens (including phenoxy) is 3. The van der Waals surface area contributed by atoms with Gasteiger partial charge in [-0.3, -0.25) is 9.59 Å². The van der Waals surface area contributed by atoms with Crippen molar-refractivity contribution >= 4 is 40.7 Å². The minimum atomic E-state index is -1.17. The second-order valence-electron chi connectivity index (χ2n) is 14.3. The van der Waals surface area contributed by atoms with Crippen molar-refractivity contribution in [2.75, 3.05) is 38.3 Å². The van der Waals surface area contributed by atoms with Crippen molar-refractivity contribution in [3.05, 3.63) is 123 Å². The molecule has 4 aromatic rings. The summed E-state index contributed by atoms with van der Waals surface area (Å²) >= 11 is 12.9. The van der Waals surface area contributed by atoms with E-state index < -0.39 is 23.9 Å². The lowest BCUT2D eigenvalue weighted by molar-refractivity contribution is -0.138. The Morgan fingerprint density at radius 2 is 1.66 bits per heavy atom. The zero-order chi connectivity index (χ0) is 38.0. The van der Waals surface area contributed by atoms with E-state index in [2.05, 4.69) is 16.7 Å². The normalized spacial score (nSPS) is 15.8. The number of hydrogen-bond acceptors (Lipinski definition) is 6.